The van der Waals surface area contributed by atoms with E-state index in [0.29, 0.717) is 12.8 Å². The van der Waals surface area contributed by atoms with Gasteiger partial charge in [-0.05, 0) is 18.8 Å². The molecule has 0 radical (unpaired) electrons. The predicted molar refractivity (Wildman–Crippen MR) is 73.3 cm³/mol. The molecule has 0 saturated carbocycles. The van der Waals surface area contributed by atoms with Gasteiger partial charge in [0.05, 0.1) is 5.92 Å². The van der Waals surface area contributed by atoms with E-state index < -0.39 is 29.9 Å². The summed E-state index contributed by atoms with van der Waals surface area (Å²) in [7, 11) is 0. The van der Waals surface area contributed by atoms with Crippen molar-refractivity contribution >= 4 is 17.9 Å². The monoisotopic (exact) mass is 294 g/mol. The van der Waals surface area contributed by atoms with Crippen LogP contribution in [-0.2, 0) is 19.1 Å². The molecule has 0 rings (SSSR count). The first kappa shape index (κ1) is 22.0. The Morgan fingerprint density at radius 2 is 1.81 bits per heavy atom. The molecule has 116 valence electrons. The molecule has 0 aliphatic rings. The molecule has 7 heteroatoms. The first-order valence-corrected chi connectivity index (χ1v) is 6.57. The van der Waals surface area contributed by atoms with Gasteiger partial charge in [-0.3, -0.25) is 9.59 Å². The molecule has 0 spiro atoms. The topological polar surface area (TPSA) is 101 Å². The average molecular weight is 294 g/mol. The van der Waals surface area contributed by atoms with Gasteiger partial charge in [0.2, 0.25) is 0 Å². The van der Waals surface area contributed by atoms with Gasteiger partial charge in [0.15, 0.2) is 0 Å². The molecule has 21 heavy (non-hydrogen) atoms. The summed E-state index contributed by atoms with van der Waals surface area (Å²) in [5, 5.41) is 17.8. The van der Waals surface area contributed by atoms with E-state index >= 15 is 0 Å². The van der Waals surface area contributed by atoms with E-state index in [2.05, 4.69) is 6.58 Å². The normalized spacial score (nSPS) is 12.9. The van der Waals surface area contributed by atoms with Crippen LogP contribution in [0.15, 0.2) is 12.7 Å². The molecule has 2 unspecified atom stereocenters. The smallest absolute Gasteiger partial charge is 1.00 e. The first-order chi connectivity index (χ1) is 9.29. The maximum atomic E-state index is 11.3. The molecule has 0 heterocycles. The zero-order chi connectivity index (χ0) is 15.7. The number of unbranched alkanes of at least 4 members (excludes halogenated alkanes) is 1. The third-order valence-corrected chi connectivity index (χ3v) is 2.95. The molecule has 0 fully saturated rings. The molecular formula is C14H23LiO6. The fourth-order valence-electron chi connectivity index (χ4n) is 1.93. The Labute approximate surface area is 138 Å². The van der Waals surface area contributed by atoms with Gasteiger partial charge in [-0.2, -0.15) is 0 Å². The number of carbonyl (C=O) groups is 3. The van der Waals surface area contributed by atoms with Crippen molar-refractivity contribution < 1.29 is 49.6 Å². The summed E-state index contributed by atoms with van der Waals surface area (Å²) in [4.78, 5) is 33.0. The number of esters is 1. The largest absolute Gasteiger partial charge is 1.00 e. The van der Waals surface area contributed by atoms with Crippen LogP contribution in [-0.4, -0.2) is 34.2 Å². The van der Waals surface area contributed by atoms with Gasteiger partial charge in [-0.25, -0.2) is 4.79 Å². The van der Waals surface area contributed by atoms with Crippen LogP contribution < -0.4 is 18.9 Å². The summed E-state index contributed by atoms with van der Waals surface area (Å²) in [6.45, 7) is 6.83. The van der Waals surface area contributed by atoms with Gasteiger partial charge in [-0.1, -0.05) is 26.8 Å². The van der Waals surface area contributed by atoms with Gasteiger partial charge >= 0.3 is 36.8 Å². The predicted octanol–water partition coefficient (Wildman–Crippen LogP) is -0.797. The molecular weight excluding hydrogens is 271 g/mol. The summed E-state index contributed by atoms with van der Waals surface area (Å²) in [5.74, 6) is -3.60. The molecule has 0 aliphatic heterocycles. The van der Waals surface area contributed by atoms with E-state index in [4.69, 9.17) is 9.84 Å². The fourth-order valence-corrected chi connectivity index (χ4v) is 1.93. The minimum absolute atomic E-state index is 0. The summed E-state index contributed by atoms with van der Waals surface area (Å²) >= 11 is 0. The number of aliphatic carboxylic acids is 2. The zero-order valence-corrected chi connectivity index (χ0v) is 12.9. The average Bonchev–Trinajstić information content (AvgIpc) is 2.35. The van der Waals surface area contributed by atoms with Crippen LogP contribution in [0.25, 0.3) is 0 Å². The van der Waals surface area contributed by atoms with Crippen molar-refractivity contribution in [2.24, 2.45) is 11.8 Å². The molecule has 0 aromatic heterocycles. The SMILES string of the molecule is C=CC(=O)OC(C(C)C)C(CCCCC(=O)O)C(=O)O.[H-].[Li+]. The van der Waals surface area contributed by atoms with Crippen LogP contribution in [0, 0.1) is 11.8 Å². The molecule has 2 atom stereocenters. The Balaban J connectivity index is -0.00000180. The van der Waals surface area contributed by atoms with Crippen LogP contribution in [0.5, 0.6) is 0 Å². The summed E-state index contributed by atoms with van der Waals surface area (Å²) in [6.07, 6.45) is 1.39. The van der Waals surface area contributed by atoms with Gasteiger partial charge < -0.3 is 16.4 Å². The first-order valence-electron chi connectivity index (χ1n) is 6.57. The number of carbonyl (C=O) groups excluding carboxylic acids is 1. The van der Waals surface area contributed by atoms with Crippen LogP contribution in [0.1, 0.15) is 41.0 Å². The second-order valence-electron chi connectivity index (χ2n) is 4.93. The maximum Gasteiger partial charge on any atom is 1.00 e. The Hall–Kier alpha value is -1.25. The van der Waals surface area contributed by atoms with Gasteiger partial charge in [0.25, 0.3) is 0 Å². The van der Waals surface area contributed by atoms with Crippen molar-refractivity contribution in [2.75, 3.05) is 0 Å². The number of rotatable bonds is 10. The number of carboxylic acid groups (broad SMARTS) is 2. The zero-order valence-electron chi connectivity index (χ0n) is 13.9. The molecule has 0 aromatic carbocycles. The second kappa shape index (κ2) is 11.4. The van der Waals surface area contributed by atoms with Crippen molar-refractivity contribution in [2.45, 2.75) is 45.6 Å². The van der Waals surface area contributed by atoms with Crippen molar-refractivity contribution in [3.8, 4) is 0 Å². The Morgan fingerprint density at radius 1 is 1.24 bits per heavy atom. The Kier molecular flexibility index (Phi) is 12.0. The fraction of sp³-hybridized carbons (Fsp3) is 0.643. The molecule has 0 aromatic rings. The maximum absolute atomic E-state index is 11.3. The van der Waals surface area contributed by atoms with Crippen LogP contribution in [0.4, 0.5) is 0 Å². The van der Waals surface area contributed by atoms with E-state index in [1.807, 2.05) is 0 Å². The molecule has 0 bridgehead atoms. The van der Waals surface area contributed by atoms with Crippen LogP contribution in [0.3, 0.4) is 0 Å². The van der Waals surface area contributed by atoms with E-state index in [0.717, 1.165) is 6.08 Å². The molecule has 2 N–H and O–H groups in total. The van der Waals surface area contributed by atoms with Crippen LogP contribution >= 0.6 is 0 Å². The summed E-state index contributed by atoms with van der Waals surface area (Å²) < 4.78 is 5.11. The van der Waals surface area contributed by atoms with Gasteiger partial charge in [-0.15, -0.1) is 0 Å². The third-order valence-electron chi connectivity index (χ3n) is 2.95. The van der Waals surface area contributed by atoms with Crippen molar-refractivity contribution in [3.05, 3.63) is 12.7 Å². The number of carboxylic acids is 2. The molecule has 0 aliphatic carbocycles. The van der Waals surface area contributed by atoms with E-state index in [1.54, 1.807) is 13.8 Å². The molecule has 6 nitrogen and oxygen atoms in total. The molecule has 0 saturated heterocycles. The van der Waals surface area contributed by atoms with E-state index in [1.165, 1.54) is 0 Å². The minimum atomic E-state index is -1.05. The van der Waals surface area contributed by atoms with Gasteiger partial charge in [0.1, 0.15) is 6.10 Å². The summed E-state index contributed by atoms with van der Waals surface area (Å²) in [5.41, 5.74) is 0. The number of ether oxygens (including phenoxy) is 1. The van der Waals surface area contributed by atoms with E-state index in [9.17, 15) is 19.5 Å². The van der Waals surface area contributed by atoms with Crippen molar-refractivity contribution in [3.63, 3.8) is 0 Å². The van der Waals surface area contributed by atoms with Crippen LogP contribution in [0.2, 0.25) is 0 Å². The Morgan fingerprint density at radius 3 is 2.19 bits per heavy atom. The minimum Gasteiger partial charge on any atom is -1.00 e. The standard InChI is InChI=1S/C14H22O6.Li.H/c1-4-12(17)20-13(9(2)3)10(14(18)19)7-5-6-8-11(15)16;;/h4,9-10,13H,1,5-8H2,2-3H3,(H,15,16)(H,18,19);;/q;+1;-1. The molecule has 0 amide bonds. The quantitative estimate of drug-likeness (QED) is 0.237. The van der Waals surface area contributed by atoms with Crippen molar-refractivity contribution in [1.29, 1.82) is 0 Å². The number of hydrogen-bond acceptors (Lipinski definition) is 4. The third kappa shape index (κ3) is 9.32. The van der Waals surface area contributed by atoms with Crippen molar-refractivity contribution in [1.82, 2.24) is 0 Å². The van der Waals surface area contributed by atoms with E-state index in [-0.39, 0.29) is 39.0 Å². The summed E-state index contributed by atoms with van der Waals surface area (Å²) in [6, 6.07) is 0. The Bertz CT molecular complexity index is 372. The second-order valence-corrected chi connectivity index (χ2v) is 4.93. The van der Waals surface area contributed by atoms with Gasteiger partial charge in [0, 0.05) is 12.5 Å². The number of hydrogen-bond donors (Lipinski definition) is 2.